The Morgan fingerprint density at radius 2 is 1.74 bits per heavy atom. The van der Waals surface area contributed by atoms with Gasteiger partial charge in [0.05, 0.1) is 0 Å². The van der Waals surface area contributed by atoms with Crippen molar-refractivity contribution in [3.8, 4) is 5.75 Å². The van der Waals surface area contributed by atoms with Crippen molar-refractivity contribution in [3.05, 3.63) is 62.9 Å². The van der Waals surface area contributed by atoms with Gasteiger partial charge in [0.2, 0.25) is 0 Å². The van der Waals surface area contributed by atoms with Gasteiger partial charge in [0.25, 0.3) is 11.5 Å². The Morgan fingerprint density at radius 1 is 1.11 bits per heavy atom. The maximum absolute atomic E-state index is 12.7. The molecular weight excluding hydrogens is 350 g/mol. The van der Waals surface area contributed by atoms with Gasteiger partial charge in [0.1, 0.15) is 23.7 Å². The fourth-order valence-corrected chi connectivity index (χ4v) is 3.10. The van der Waals surface area contributed by atoms with Gasteiger partial charge in [-0.2, -0.15) is 0 Å². The fourth-order valence-electron chi connectivity index (χ4n) is 3.10. The van der Waals surface area contributed by atoms with Crippen molar-refractivity contribution in [2.75, 3.05) is 19.7 Å². The molecule has 0 radical (unpaired) electrons. The molecule has 0 aliphatic carbocycles. The lowest BCUT2D eigenvalue weighted by molar-refractivity contribution is -0.0476. The van der Waals surface area contributed by atoms with Crippen LogP contribution in [0.2, 0.25) is 0 Å². The first-order valence-electron chi connectivity index (χ1n) is 8.77. The van der Waals surface area contributed by atoms with Crippen molar-refractivity contribution in [3.63, 3.8) is 0 Å². The highest BCUT2D eigenvalue weighted by atomic mass is 16.5. The van der Waals surface area contributed by atoms with E-state index < -0.39 is 22.8 Å². The molecule has 8 nitrogen and oxygen atoms in total. The van der Waals surface area contributed by atoms with Gasteiger partial charge in [-0.15, -0.1) is 0 Å². The predicted molar refractivity (Wildman–Crippen MR) is 98.9 cm³/mol. The van der Waals surface area contributed by atoms with Crippen LogP contribution in [-0.4, -0.2) is 50.3 Å². The van der Waals surface area contributed by atoms with Crippen molar-refractivity contribution < 1.29 is 14.6 Å². The number of piperidine rings is 1. The number of ether oxygens (including phenoxy) is 1. The van der Waals surface area contributed by atoms with Crippen LogP contribution in [0.1, 0.15) is 23.3 Å². The van der Waals surface area contributed by atoms with Crippen LogP contribution in [0.5, 0.6) is 5.75 Å². The second-order valence-corrected chi connectivity index (χ2v) is 6.89. The number of likely N-dealkylation sites (tertiary alicyclic amines) is 1. The molecule has 1 aliphatic heterocycles. The van der Waals surface area contributed by atoms with E-state index in [1.165, 1.54) is 24.7 Å². The molecule has 0 unspecified atom stereocenters. The number of aromatic nitrogens is 2. The molecule has 1 aromatic carbocycles. The summed E-state index contributed by atoms with van der Waals surface area (Å²) in [4.78, 5) is 38.1. The first-order valence-corrected chi connectivity index (χ1v) is 8.77. The molecule has 0 bridgehead atoms. The lowest BCUT2D eigenvalue weighted by atomic mass is 9.92. The zero-order chi connectivity index (χ0) is 19.6. The van der Waals surface area contributed by atoms with Crippen molar-refractivity contribution in [1.82, 2.24) is 14.0 Å². The van der Waals surface area contributed by atoms with Crippen LogP contribution < -0.4 is 16.0 Å². The third-order valence-electron chi connectivity index (χ3n) is 4.98. The average molecular weight is 373 g/mol. The average Bonchev–Trinajstić information content (AvgIpc) is 2.68. The highest BCUT2D eigenvalue weighted by Gasteiger charge is 2.35. The number of aliphatic hydroxyl groups is 1. The smallest absolute Gasteiger partial charge is 0.331 e. The molecule has 1 aliphatic rings. The minimum Gasteiger partial charge on any atom is -0.491 e. The number of carbonyl (C=O) groups is 1. The number of amides is 1. The molecule has 0 saturated carbocycles. The molecule has 8 heteroatoms. The third kappa shape index (κ3) is 3.95. The molecule has 1 aromatic heterocycles. The maximum Gasteiger partial charge on any atom is 0.331 e. The topological polar surface area (TPSA) is 93.8 Å². The van der Waals surface area contributed by atoms with E-state index in [0.717, 1.165) is 4.57 Å². The largest absolute Gasteiger partial charge is 0.491 e. The van der Waals surface area contributed by atoms with Gasteiger partial charge in [0.15, 0.2) is 0 Å². The summed E-state index contributed by atoms with van der Waals surface area (Å²) < 4.78 is 7.77. The number of para-hydroxylation sites is 1. The Bertz CT molecular complexity index is 940. The molecule has 1 N–H and O–H groups in total. The Labute approximate surface area is 156 Å². The van der Waals surface area contributed by atoms with Crippen LogP contribution in [0.25, 0.3) is 0 Å². The van der Waals surface area contributed by atoms with Crippen molar-refractivity contribution in [2.24, 2.45) is 14.1 Å². The standard InChI is InChI=1S/C19H23N3O5/c1-20-15(12-16(23)21(2)18(20)25)17(24)22-10-8-19(26,9-11-22)13-27-14-6-4-3-5-7-14/h3-7,12,26H,8-11,13H2,1-2H3. The maximum atomic E-state index is 12.7. The number of nitrogens with zero attached hydrogens (tertiary/aromatic N) is 3. The molecule has 1 fully saturated rings. The Kier molecular flexibility index (Phi) is 5.18. The summed E-state index contributed by atoms with van der Waals surface area (Å²) in [6, 6.07) is 10.4. The van der Waals surface area contributed by atoms with Crippen LogP contribution in [0.3, 0.4) is 0 Å². The molecule has 1 amide bonds. The Morgan fingerprint density at radius 3 is 2.37 bits per heavy atom. The third-order valence-corrected chi connectivity index (χ3v) is 4.98. The predicted octanol–water partition coefficient (Wildman–Crippen LogP) is 0.130. The Balaban J connectivity index is 1.66. The molecule has 1 saturated heterocycles. The van der Waals surface area contributed by atoms with Gasteiger partial charge in [-0.05, 0) is 25.0 Å². The number of benzene rings is 1. The van der Waals surface area contributed by atoms with Gasteiger partial charge in [-0.25, -0.2) is 4.79 Å². The molecule has 27 heavy (non-hydrogen) atoms. The summed E-state index contributed by atoms with van der Waals surface area (Å²) in [5.74, 6) is 0.290. The van der Waals surface area contributed by atoms with Gasteiger partial charge in [-0.1, -0.05) is 18.2 Å². The summed E-state index contributed by atoms with van der Waals surface area (Å²) in [7, 11) is 2.83. The van der Waals surface area contributed by atoms with Gasteiger partial charge >= 0.3 is 5.69 Å². The van der Waals surface area contributed by atoms with Crippen molar-refractivity contribution in [2.45, 2.75) is 18.4 Å². The van der Waals surface area contributed by atoms with Gasteiger partial charge < -0.3 is 14.7 Å². The second-order valence-electron chi connectivity index (χ2n) is 6.89. The monoisotopic (exact) mass is 373 g/mol. The quantitative estimate of drug-likeness (QED) is 0.822. The normalized spacial score (nSPS) is 16.2. The van der Waals surface area contributed by atoms with Crippen LogP contribution >= 0.6 is 0 Å². The molecule has 2 aromatic rings. The zero-order valence-electron chi connectivity index (χ0n) is 15.4. The molecule has 0 atom stereocenters. The van der Waals surface area contributed by atoms with E-state index in [0.29, 0.717) is 31.7 Å². The highest BCUT2D eigenvalue weighted by Crippen LogP contribution is 2.24. The van der Waals surface area contributed by atoms with Gasteiger partial charge in [-0.3, -0.25) is 18.7 Å². The first-order chi connectivity index (χ1) is 12.8. The summed E-state index contributed by atoms with van der Waals surface area (Å²) >= 11 is 0. The van der Waals surface area contributed by atoms with E-state index in [1.807, 2.05) is 30.3 Å². The summed E-state index contributed by atoms with van der Waals surface area (Å²) in [5, 5.41) is 10.7. The minimum absolute atomic E-state index is 0.0501. The molecule has 144 valence electrons. The molecular formula is C19H23N3O5. The SMILES string of the molecule is Cn1c(C(=O)N2CCC(O)(COc3ccccc3)CC2)cc(=O)n(C)c1=O. The minimum atomic E-state index is -1.02. The summed E-state index contributed by atoms with van der Waals surface area (Å²) in [6.45, 7) is 0.775. The fraction of sp³-hybridized carbons (Fsp3) is 0.421. The number of hydrogen-bond acceptors (Lipinski definition) is 5. The van der Waals surface area contributed by atoms with E-state index in [2.05, 4.69) is 0 Å². The summed E-state index contributed by atoms with van der Waals surface area (Å²) in [6.07, 6.45) is 0.703. The highest BCUT2D eigenvalue weighted by molar-refractivity contribution is 5.92. The van der Waals surface area contributed by atoms with E-state index in [-0.39, 0.29) is 12.3 Å². The molecule has 3 rings (SSSR count). The second kappa shape index (κ2) is 7.40. The van der Waals surface area contributed by atoms with Crippen molar-refractivity contribution >= 4 is 5.91 Å². The van der Waals surface area contributed by atoms with Gasteiger partial charge in [0, 0.05) is 33.3 Å². The van der Waals surface area contributed by atoms with Crippen LogP contribution in [0.15, 0.2) is 46.0 Å². The van der Waals surface area contributed by atoms with Crippen LogP contribution in [0, 0.1) is 0 Å². The number of carbonyl (C=O) groups excluding carboxylic acids is 1. The van der Waals surface area contributed by atoms with Crippen molar-refractivity contribution in [1.29, 1.82) is 0 Å². The lowest BCUT2D eigenvalue weighted by Crippen LogP contribution is -2.50. The van der Waals surface area contributed by atoms with Crippen LogP contribution in [-0.2, 0) is 14.1 Å². The van der Waals surface area contributed by atoms with E-state index in [1.54, 1.807) is 4.90 Å². The van der Waals surface area contributed by atoms with E-state index in [4.69, 9.17) is 4.74 Å². The number of rotatable bonds is 4. The first kappa shape index (κ1) is 18.9. The molecule has 0 spiro atoms. The van der Waals surface area contributed by atoms with Crippen LogP contribution in [0.4, 0.5) is 0 Å². The molecule has 2 heterocycles. The van der Waals surface area contributed by atoms with E-state index in [9.17, 15) is 19.5 Å². The zero-order valence-corrected chi connectivity index (χ0v) is 15.4. The van der Waals surface area contributed by atoms with E-state index >= 15 is 0 Å². The Hall–Kier alpha value is -2.87. The number of hydrogen-bond donors (Lipinski definition) is 1. The lowest BCUT2D eigenvalue weighted by Gasteiger charge is -2.38. The summed E-state index contributed by atoms with van der Waals surface area (Å²) in [5.41, 5.74) is -2.04.